The van der Waals surface area contributed by atoms with E-state index in [2.05, 4.69) is 25.7 Å². The van der Waals surface area contributed by atoms with Gasteiger partial charge in [0.1, 0.15) is 12.2 Å². The summed E-state index contributed by atoms with van der Waals surface area (Å²) in [7, 11) is 0. The second-order valence-electron chi connectivity index (χ2n) is 11.9. The first kappa shape index (κ1) is 34.1. The van der Waals surface area contributed by atoms with Crippen LogP contribution in [-0.2, 0) is 19.1 Å². The molecule has 9 unspecified atom stereocenters. The first-order valence-electron chi connectivity index (χ1n) is 14.5. The summed E-state index contributed by atoms with van der Waals surface area (Å²) in [6.07, 6.45) is 7.30. The average Bonchev–Trinajstić information content (AvgIpc) is 3.63. The van der Waals surface area contributed by atoms with Gasteiger partial charge in [-0.1, -0.05) is 62.8 Å². The number of hydrogen-bond donors (Lipinski definition) is 4. The van der Waals surface area contributed by atoms with Crippen LogP contribution >= 0.6 is 0 Å². The van der Waals surface area contributed by atoms with Gasteiger partial charge in [-0.15, -0.1) is 0 Å². The van der Waals surface area contributed by atoms with E-state index in [0.717, 1.165) is 30.4 Å². The molecule has 2 heterocycles. The standard InChI is InChI=1S/C32H50O8/c1-19-12-20(2)14-29-28(40-29)11-9-7-8-10-21(3)32(38)39-18-25(17-33)24(6)30(36)31(37)27(35)16-26(34)15-23(5)22(4)13-19/h9-11,13,20,23-26,28-31,33-34,36-37H,1,7-8,12,14-18H2,2-6H3/b11-9+,21-10+,22-13+. The van der Waals surface area contributed by atoms with Crippen LogP contribution < -0.4 is 0 Å². The minimum Gasteiger partial charge on any atom is -0.462 e. The fourth-order valence-corrected chi connectivity index (χ4v) is 5.13. The summed E-state index contributed by atoms with van der Waals surface area (Å²) in [6, 6.07) is 0. The van der Waals surface area contributed by atoms with Gasteiger partial charge in [0.15, 0.2) is 5.78 Å². The van der Waals surface area contributed by atoms with Gasteiger partial charge in [0.2, 0.25) is 0 Å². The lowest BCUT2D eigenvalue weighted by molar-refractivity contribution is -0.145. The van der Waals surface area contributed by atoms with Crippen molar-refractivity contribution in [3.05, 3.63) is 47.6 Å². The molecule has 0 bridgehead atoms. The molecule has 4 N–H and O–H groups in total. The zero-order valence-electron chi connectivity index (χ0n) is 24.8. The van der Waals surface area contributed by atoms with Crippen molar-refractivity contribution < 1.29 is 39.5 Å². The van der Waals surface area contributed by atoms with Crippen molar-refractivity contribution in [2.75, 3.05) is 13.2 Å². The van der Waals surface area contributed by atoms with Crippen molar-refractivity contribution in [1.82, 2.24) is 0 Å². The number of esters is 1. The third-order valence-corrected chi connectivity index (χ3v) is 8.17. The average molecular weight is 563 g/mol. The summed E-state index contributed by atoms with van der Waals surface area (Å²) < 4.78 is 11.1. The van der Waals surface area contributed by atoms with Gasteiger partial charge in [0.05, 0.1) is 24.9 Å². The Kier molecular flexibility index (Phi) is 14.0. The first-order valence-corrected chi connectivity index (χ1v) is 14.5. The topological polar surface area (TPSA) is 137 Å². The van der Waals surface area contributed by atoms with E-state index in [1.54, 1.807) is 19.9 Å². The molecule has 0 aromatic rings. The molecular weight excluding hydrogens is 512 g/mol. The van der Waals surface area contributed by atoms with Gasteiger partial charge < -0.3 is 29.9 Å². The van der Waals surface area contributed by atoms with Crippen LogP contribution in [0.25, 0.3) is 0 Å². The van der Waals surface area contributed by atoms with E-state index in [1.807, 2.05) is 19.9 Å². The number of ether oxygens (including phenoxy) is 2. The molecule has 2 aliphatic heterocycles. The molecule has 0 aliphatic carbocycles. The lowest BCUT2D eigenvalue weighted by atomic mass is 9.85. The number of rotatable bonds is 1. The van der Waals surface area contributed by atoms with E-state index in [9.17, 15) is 30.0 Å². The number of hydrogen-bond acceptors (Lipinski definition) is 8. The van der Waals surface area contributed by atoms with Crippen molar-refractivity contribution in [2.45, 2.75) is 104 Å². The maximum Gasteiger partial charge on any atom is 0.333 e. The Hall–Kier alpha value is -2.10. The number of aliphatic hydroxyl groups is 4. The molecular formula is C32H50O8. The lowest BCUT2D eigenvalue weighted by Gasteiger charge is -2.29. The normalized spacial score (nSPS) is 40.1. The summed E-state index contributed by atoms with van der Waals surface area (Å²) in [4.78, 5) is 25.1. The third kappa shape index (κ3) is 11.1. The quantitative estimate of drug-likeness (QED) is 0.215. The van der Waals surface area contributed by atoms with Gasteiger partial charge in [-0.2, -0.15) is 0 Å². The Morgan fingerprint density at radius 2 is 1.73 bits per heavy atom. The molecule has 40 heavy (non-hydrogen) atoms. The molecule has 8 heteroatoms. The molecule has 0 spiro atoms. The third-order valence-electron chi connectivity index (χ3n) is 8.17. The molecule has 2 rings (SSSR count). The predicted octanol–water partition coefficient (Wildman–Crippen LogP) is 3.82. The molecule has 0 aromatic carbocycles. The smallest absolute Gasteiger partial charge is 0.333 e. The van der Waals surface area contributed by atoms with Crippen molar-refractivity contribution in [1.29, 1.82) is 0 Å². The summed E-state index contributed by atoms with van der Waals surface area (Å²) in [5.74, 6) is -2.24. The van der Waals surface area contributed by atoms with Crippen LogP contribution in [0.2, 0.25) is 0 Å². The van der Waals surface area contributed by atoms with E-state index in [-0.39, 0.29) is 31.2 Å². The van der Waals surface area contributed by atoms with Crippen LogP contribution in [0.1, 0.15) is 73.1 Å². The van der Waals surface area contributed by atoms with Crippen LogP contribution in [0.4, 0.5) is 0 Å². The highest BCUT2D eigenvalue weighted by Crippen LogP contribution is 2.32. The second-order valence-corrected chi connectivity index (χ2v) is 11.9. The van der Waals surface area contributed by atoms with E-state index >= 15 is 0 Å². The highest BCUT2D eigenvalue weighted by molar-refractivity contribution is 5.87. The van der Waals surface area contributed by atoms with E-state index in [0.29, 0.717) is 24.3 Å². The number of carbonyl (C=O) groups excluding carboxylic acids is 2. The van der Waals surface area contributed by atoms with Crippen LogP contribution in [0.15, 0.2) is 47.6 Å². The number of aliphatic hydroxyl groups excluding tert-OH is 4. The van der Waals surface area contributed by atoms with Crippen LogP contribution in [0, 0.1) is 23.7 Å². The summed E-state index contributed by atoms with van der Waals surface area (Å²) in [6.45, 7) is 13.0. The van der Waals surface area contributed by atoms with Gasteiger partial charge in [0.25, 0.3) is 0 Å². The molecule has 8 nitrogen and oxygen atoms in total. The highest BCUT2D eigenvalue weighted by Gasteiger charge is 2.37. The van der Waals surface area contributed by atoms with E-state index in [4.69, 9.17) is 9.47 Å². The second kappa shape index (κ2) is 16.4. The molecule has 2 aliphatic rings. The minimum absolute atomic E-state index is 0.0124. The van der Waals surface area contributed by atoms with E-state index < -0.39 is 48.5 Å². The number of epoxide rings is 1. The summed E-state index contributed by atoms with van der Waals surface area (Å²) >= 11 is 0. The molecule has 1 saturated heterocycles. The fourth-order valence-electron chi connectivity index (χ4n) is 5.13. The maximum atomic E-state index is 12.7. The van der Waals surface area contributed by atoms with Crippen LogP contribution in [-0.4, -0.2) is 75.9 Å². The number of Topliss-reactive ketones (excluding diaryl/α,β-unsaturated/α-hetero) is 1. The van der Waals surface area contributed by atoms with Crippen molar-refractivity contribution in [2.24, 2.45) is 23.7 Å². The summed E-state index contributed by atoms with van der Waals surface area (Å²) in [5.41, 5.74) is 2.49. The lowest BCUT2D eigenvalue weighted by Crippen LogP contribution is -2.43. The molecule has 0 amide bonds. The van der Waals surface area contributed by atoms with Gasteiger partial charge >= 0.3 is 5.97 Å². The summed E-state index contributed by atoms with van der Waals surface area (Å²) in [5, 5.41) is 41.5. The zero-order chi connectivity index (χ0) is 30.0. The number of fused-ring (bicyclic) bond motifs is 1. The Bertz CT molecular complexity index is 951. The fraction of sp³-hybridized carbons (Fsp3) is 0.688. The molecule has 0 aromatic heterocycles. The minimum atomic E-state index is -1.73. The first-order chi connectivity index (χ1) is 18.8. The monoisotopic (exact) mass is 562 g/mol. The Labute approximate surface area is 239 Å². The number of allylic oxidation sites excluding steroid dienone is 5. The Morgan fingerprint density at radius 3 is 2.40 bits per heavy atom. The highest BCUT2D eigenvalue weighted by atomic mass is 16.6. The largest absolute Gasteiger partial charge is 0.462 e. The molecule has 226 valence electrons. The number of carbonyl (C=O) groups is 2. The number of cyclic esters (lactones) is 1. The Morgan fingerprint density at radius 1 is 1.02 bits per heavy atom. The van der Waals surface area contributed by atoms with Gasteiger partial charge in [-0.3, -0.25) is 4.79 Å². The van der Waals surface area contributed by atoms with Crippen molar-refractivity contribution >= 4 is 11.8 Å². The number of ketones is 1. The molecule has 0 saturated carbocycles. The van der Waals surface area contributed by atoms with Crippen LogP contribution in [0.5, 0.6) is 0 Å². The molecule has 9 atom stereocenters. The SMILES string of the molecule is C=C1/C=C(\C)C(C)CC(O)CC(=O)C(O)C(O)C(C)C(CO)COC(=O)/C(C)=C/CC/C=C/C2OC2CC(C)C1. The molecule has 1 fully saturated rings. The van der Waals surface area contributed by atoms with E-state index in [1.165, 1.54) is 0 Å². The predicted molar refractivity (Wildman–Crippen MR) is 154 cm³/mol. The Balaban J connectivity index is 2.14. The molecule has 0 radical (unpaired) electrons. The van der Waals surface area contributed by atoms with Gasteiger partial charge in [-0.25, -0.2) is 4.79 Å². The maximum absolute atomic E-state index is 12.7. The van der Waals surface area contributed by atoms with Gasteiger partial charge in [0, 0.05) is 24.5 Å². The zero-order valence-corrected chi connectivity index (χ0v) is 24.8. The van der Waals surface area contributed by atoms with Gasteiger partial charge in [-0.05, 0) is 63.7 Å². The van der Waals surface area contributed by atoms with Crippen molar-refractivity contribution in [3.8, 4) is 0 Å². The van der Waals surface area contributed by atoms with Crippen molar-refractivity contribution in [3.63, 3.8) is 0 Å². The van der Waals surface area contributed by atoms with Crippen LogP contribution in [0.3, 0.4) is 0 Å².